The van der Waals surface area contributed by atoms with Gasteiger partial charge in [0, 0.05) is 64.0 Å². The van der Waals surface area contributed by atoms with E-state index < -0.39 is 0 Å². The van der Waals surface area contributed by atoms with Crippen molar-refractivity contribution >= 4 is 17.6 Å². The molecule has 1 aliphatic heterocycles. The van der Waals surface area contributed by atoms with Crippen LogP contribution in [0.2, 0.25) is 0 Å². The van der Waals surface area contributed by atoms with Crippen LogP contribution in [-0.2, 0) is 11.3 Å². The Morgan fingerprint density at radius 3 is 2.80 bits per heavy atom. The summed E-state index contributed by atoms with van der Waals surface area (Å²) >= 11 is 0. The van der Waals surface area contributed by atoms with Gasteiger partial charge in [0.25, 0.3) is 0 Å². The summed E-state index contributed by atoms with van der Waals surface area (Å²) in [5.74, 6) is 1.52. The third kappa shape index (κ3) is 6.77. The molecule has 0 unspecified atom stereocenters. The number of amides is 1. The standard InChI is InChI=1S/C21H30N6O3/c1-3-22-21(27-11-9-26(10-12-27)16-19-7-13-30-25-19)23-8-14-29-20-6-4-5-18(15-20)24-17(2)28/h4-7,13,15H,3,8-12,14,16H2,1-2H3,(H,22,23)(H,24,28). The second kappa shape index (κ2) is 11.2. The molecule has 1 aliphatic rings. The number of nitrogens with one attached hydrogen (secondary N) is 2. The Labute approximate surface area is 177 Å². The highest BCUT2D eigenvalue weighted by molar-refractivity contribution is 5.88. The Morgan fingerprint density at radius 2 is 2.10 bits per heavy atom. The molecule has 1 fully saturated rings. The van der Waals surface area contributed by atoms with E-state index in [1.54, 1.807) is 6.26 Å². The van der Waals surface area contributed by atoms with Gasteiger partial charge in [0.05, 0.1) is 12.2 Å². The van der Waals surface area contributed by atoms with Crippen LogP contribution in [0.1, 0.15) is 19.5 Å². The van der Waals surface area contributed by atoms with Gasteiger partial charge >= 0.3 is 0 Å². The van der Waals surface area contributed by atoms with Crippen LogP contribution in [-0.4, -0.2) is 72.7 Å². The van der Waals surface area contributed by atoms with Gasteiger partial charge in [-0.05, 0) is 19.1 Å². The van der Waals surface area contributed by atoms with Crippen molar-refractivity contribution in [2.24, 2.45) is 4.99 Å². The number of rotatable bonds is 8. The fourth-order valence-corrected chi connectivity index (χ4v) is 3.27. The largest absolute Gasteiger partial charge is 0.492 e. The van der Waals surface area contributed by atoms with E-state index in [2.05, 4.69) is 32.5 Å². The number of hydrogen-bond acceptors (Lipinski definition) is 6. The van der Waals surface area contributed by atoms with Gasteiger partial charge in [0.15, 0.2) is 5.96 Å². The van der Waals surface area contributed by atoms with Crippen molar-refractivity contribution < 1.29 is 14.1 Å². The Morgan fingerprint density at radius 1 is 1.27 bits per heavy atom. The molecule has 1 amide bonds. The van der Waals surface area contributed by atoms with E-state index in [0.717, 1.165) is 56.6 Å². The fraction of sp³-hybridized carbons (Fsp3) is 0.476. The average molecular weight is 415 g/mol. The predicted molar refractivity (Wildman–Crippen MR) is 116 cm³/mol. The summed E-state index contributed by atoms with van der Waals surface area (Å²) in [6.45, 7) is 9.90. The van der Waals surface area contributed by atoms with Gasteiger partial charge in [-0.15, -0.1) is 0 Å². The van der Waals surface area contributed by atoms with Crippen molar-refractivity contribution in [1.29, 1.82) is 0 Å². The summed E-state index contributed by atoms with van der Waals surface area (Å²) < 4.78 is 10.7. The lowest BCUT2D eigenvalue weighted by Crippen LogP contribution is -2.52. The highest BCUT2D eigenvalue weighted by atomic mass is 16.5. The van der Waals surface area contributed by atoms with Crippen molar-refractivity contribution in [2.45, 2.75) is 20.4 Å². The van der Waals surface area contributed by atoms with Crippen LogP contribution in [0.3, 0.4) is 0 Å². The third-order valence-electron chi connectivity index (χ3n) is 4.66. The summed E-state index contributed by atoms with van der Waals surface area (Å²) in [6, 6.07) is 9.27. The van der Waals surface area contributed by atoms with Crippen LogP contribution in [0, 0.1) is 0 Å². The minimum atomic E-state index is -0.104. The molecule has 2 N–H and O–H groups in total. The van der Waals surface area contributed by atoms with Gasteiger partial charge in [0.2, 0.25) is 5.91 Å². The first-order valence-corrected chi connectivity index (χ1v) is 10.3. The molecule has 162 valence electrons. The SMILES string of the molecule is CCNC(=NCCOc1cccc(NC(C)=O)c1)N1CCN(Cc2ccon2)CC1. The molecular weight excluding hydrogens is 384 g/mol. The molecule has 0 aliphatic carbocycles. The van der Waals surface area contributed by atoms with E-state index in [1.807, 2.05) is 30.3 Å². The second-order valence-electron chi connectivity index (χ2n) is 7.05. The summed E-state index contributed by atoms with van der Waals surface area (Å²) in [5.41, 5.74) is 1.68. The number of aromatic nitrogens is 1. The number of piperazine rings is 1. The van der Waals surface area contributed by atoms with Gasteiger partial charge < -0.3 is 24.8 Å². The lowest BCUT2D eigenvalue weighted by molar-refractivity contribution is -0.114. The Kier molecular flexibility index (Phi) is 8.08. The van der Waals surface area contributed by atoms with Crippen molar-refractivity contribution in [3.63, 3.8) is 0 Å². The smallest absolute Gasteiger partial charge is 0.221 e. The quantitative estimate of drug-likeness (QED) is 0.386. The van der Waals surface area contributed by atoms with Crippen LogP contribution < -0.4 is 15.4 Å². The van der Waals surface area contributed by atoms with Crippen LogP contribution in [0.25, 0.3) is 0 Å². The number of carbonyl (C=O) groups is 1. The van der Waals surface area contributed by atoms with E-state index in [0.29, 0.717) is 18.9 Å². The lowest BCUT2D eigenvalue weighted by atomic mass is 10.3. The number of nitrogens with zero attached hydrogens (tertiary/aromatic N) is 4. The highest BCUT2D eigenvalue weighted by Crippen LogP contribution is 2.17. The molecule has 9 nitrogen and oxygen atoms in total. The molecule has 1 aromatic heterocycles. The maximum atomic E-state index is 11.2. The second-order valence-corrected chi connectivity index (χ2v) is 7.05. The number of benzene rings is 1. The third-order valence-corrected chi connectivity index (χ3v) is 4.66. The minimum Gasteiger partial charge on any atom is -0.492 e. The number of anilines is 1. The van der Waals surface area contributed by atoms with E-state index in [-0.39, 0.29) is 5.91 Å². The summed E-state index contributed by atoms with van der Waals surface area (Å²) in [4.78, 5) is 20.5. The van der Waals surface area contributed by atoms with Crippen molar-refractivity contribution in [2.75, 3.05) is 51.2 Å². The van der Waals surface area contributed by atoms with Gasteiger partial charge in [-0.25, -0.2) is 4.99 Å². The predicted octanol–water partition coefficient (Wildman–Crippen LogP) is 1.80. The molecular formula is C21H30N6O3. The normalized spacial score (nSPS) is 15.1. The topological polar surface area (TPSA) is 95.2 Å². The maximum Gasteiger partial charge on any atom is 0.221 e. The van der Waals surface area contributed by atoms with E-state index >= 15 is 0 Å². The number of carbonyl (C=O) groups excluding carboxylic acids is 1. The van der Waals surface area contributed by atoms with Gasteiger partial charge in [-0.2, -0.15) is 0 Å². The number of guanidine groups is 1. The molecule has 0 radical (unpaired) electrons. The molecule has 0 spiro atoms. The Hall–Kier alpha value is -3.07. The molecule has 0 atom stereocenters. The molecule has 3 rings (SSSR count). The van der Waals surface area contributed by atoms with Crippen LogP contribution in [0.5, 0.6) is 5.75 Å². The zero-order valence-electron chi connectivity index (χ0n) is 17.6. The monoisotopic (exact) mass is 414 g/mol. The van der Waals surface area contributed by atoms with Crippen molar-refractivity contribution in [3.05, 3.63) is 42.3 Å². The van der Waals surface area contributed by atoms with Crippen molar-refractivity contribution in [3.8, 4) is 5.75 Å². The molecule has 0 saturated carbocycles. The Bertz CT molecular complexity index is 816. The van der Waals surface area contributed by atoms with Crippen molar-refractivity contribution in [1.82, 2.24) is 20.3 Å². The van der Waals surface area contributed by atoms with Crippen LogP contribution >= 0.6 is 0 Å². The molecule has 30 heavy (non-hydrogen) atoms. The van der Waals surface area contributed by atoms with Gasteiger partial charge in [-0.3, -0.25) is 9.69 Å². The number of ether oxygens (including phenoxy) is 1. The summed E-state index contributed by atoms with van der Waals surface area (Å²) in [7, 11) is 0. The minimum absolute atomic E-state index is 0.104. The zero-order valence-corrected chi connectivity index (χ0v) is 17.6. The molecule has 9 heteroatoms. The molecule has 2 heterocycles. The summed E-state index contributed by atoms with van der Waals surface area (Å²) in [5, 5.41) is 10.1. The first-order valence-electron chi connectivity index (χ1n) is 10.3. The Balaban J connectivity index is 1.46. The van der Waals surface area contributed by atoms with Gasteiger partial charge in [-0.1, -0.05) is 11.2 Å². The van der Waals surface area contributed by atoms with E-state index in [4.69, 9.17) is 14.3 Å². The van der Waals surface area contributed by atoms with Crippen LogP contribution in [0.4, 0.5) is 5.69 Å². The lowest BCUT2D eigenvalue weighted by Gasteiger charge is -2.36. The van der Waals surface area contributed by atoms with E-state index in [1.165, 1.54) is 6.92 Å². The first kappa shape index (κ1) is 21.6. The zero-order chi connectivity index (χ0) is 21.2. The first-order chi connectivity index (χ1) is 14.6. The molecule has 0 bridgehead atoms. The van der Waals surface area contributed by atoms with E-state index in [9.17, 15) is 4.79 Å². The van der Waals surface area contributed by atoms with Crippen LogP contribution in [0.15, 0.2) is 46.1 Å². The maximum absolute atomic E-state index is 11.2. The summed E-state index contributed by atoms with van der Waals surface area (Å²) in [6.07, 6.45) is 1.61. The average Bonchev–Trinajstić information content (AvgIpc) is 3.24. The molecule has 2 aromatic rings. The molecule has 1 saturated heterocycles. The fourth-order valence-electron chi connectivity index (χ4n) is 3.27. The highest BCUT2D eigenvalue weighted by Gasteiger charge is 2.20. The van der Waals surface area contributed by atoms with Gasteiger partial charge in [0.1, 0.15) is 18.6 Å². The number of hydrogen-bond donors (Lipinski definition) is 2. The number of aliphatic imine (C=N–C) groups is 1. The molecule has 1 aromatic carbocycles.